The minimum Gasteiger partial charge on any atom is -0.444 e. The minimum atomic E-state index is -0.566. The molecule has 28 heavy (non-hydrogen) atoms. The van der Waals surface area contributed by atoms with Gasteiger partial charge in [-0.2, -0.15) is 0 Å². The number of piperazine rings is 1. The lowest BCUT2D eigenvalue weighted by Gasteiger charge is -2.35. The number of nitrogens with two attached hydrogens (primary N) is 1. The first-order chi connectivity index (χ1) is 13.2. The van der Waals surface area contributed by atoms with E-state index in [-0.39, 0.29) is 11.8 Å². The Morgan fingerprint density at radius 1 is 0.964 bits per heavy atom. The number of carbonyl (C=O) groups excluding carboxylic acids is 2. The normalized spacial score (nSPS) is 14.7. The standard InChI is InChI=1S/C19H24N6O3/c1-19(2,3)28-18(27)25-8-6-24(7-9-25)17-22-11-14(12-23-17)13-4-5-15(16(20)26)21-10-13/h4-5,10-12H,6-9H2,1-3H3,(H2,20,26). The van der Waals surface area contributed by atoms with Crippen molar-refractivity contribution in [2.75, 3.05) is 31.1 Å². The third-order valence-corrected chi connectivity index (χ3v) is 4.20. The van der Waals surface area contributed by atoms with Crippen molar-refractivity contribution in [3.63, 3.8) is 0 Å². The molecule has 148 valence electrons. The van der Waals surface area contributed by atoms with Gasteiger partial charge < -0.3 is 20.3 Å². The molecule has 2 N–H and O–H groups in total. The van der Waals surface area contributed by atoms with Gasteiger partial charge in [-0.05, 0) is 26.8 Å². The van der Waals surface area contributed by atoms with Gasteiger partial charge in [0.15, 0.2) is 0 Å². The van der Waals surface area contributed by atoms with Crippen molar-refractivity contribution in [1.82, 2.24) is 19.9 Å². The molecule has 0 aliphatic carbocycles. The minimum absolute atomic E-state index is 0.212. The van der Waals surface area contributed by atoms with E-state index in [1.165, 1.54) is 0 Å². The van der Waals surface area contributed by atoms with Gasteiger partial charge in [0, 0.05) is 55.9 Å². The van der Waals surface area contributed by atoms with Gasteiger partial charge in [-0.25, -0.2) is 14.8 Å². The van der Waals surface area contributed by atoms with Crippen molar-refractivity contribution < 1.29 is 14.3 Å². The number of ether oxygens (including phenoxy) is 1. The molecule has 9 heteroatoms. The number of nitrogens with zero attached hydrogens (tertiary/aromatic N) is 5. The van der Waals surface area contributed by atoms with Crippen LogP contribution in [0.15, 0.2) is 30.7 Å². The van der Waals surface area contributed by atoms with Crippen LogP contribution >= 0.6 is 0 Å². The van der Waals surface area contributed by atoms with Crippen molar-refractivity contribution in [2.24, 2.45) is 5.73 Å². The third-order valence-electron chi connectivity index (χ3n) is 4.20. The number of aromatic nitrogens is 3. The summed E-state index contributed by atoms with van der Waals surface area (Å²) in [4.78, 5) is 39.8. The summed E-state index contributed by atoms with van der Waals surface area (Å²) in [5.74, 6) is 0.0398. The van der Waals surface area contributed by atoms with Crippen LogP contribution in [0, 0.1) is 0 Å². The van der Waals surface area contributed by atoms with Crippen molar-refractivity contribution in [3.8, 4) is 11.1 Å². The van der Waals surface area contributed by atoms with Crippen LogP contribution in [0.1, 0.15) is 31.3 Å². The summed E-state index contributed by atoms with van der Waals surface area (Å²) in [6.07, 6.45) is 4.70. The van der Waals surface area contributed by atoms with Crippen LogP contribution in [-0.4, -0.2) is 63.6 Å². The monoisotopic (exact) mass is 384 g/mol. The highest BCUT2D eigenvalue weighted by Gasteiger charge is 2.26. The van der Waals surface area contributed by atoms with E-state index >= 15 is 0 Å². The fraction of sp³-hybridized carbons (Fsp3) is 0.421. The first-order valence-corrected chi connectivity index (χ1v) is 9.04. The van der Waals surface area contributed by atoms with E-state index in [0.29, 0.717) is 32.1 Å². The molecule has 1 saturated heterocycles. The Morgan fingerprint density at radius 3 is 2.07 bits per heavy atom. The number of rotatable bonds is 3. The van der Waals surface area contributed by atoms with Crippen molar-refractivity contribution >= 4 is 17.9 Å². The molecule has 2 amide bonds. The van der Waals surface area contributed by atoms with E-state index in [0.717, 1.165) is 11.1 Å². The lowest BCUT2D eigenvalue weighted by molar-refractivity contribution is 0.0240. The Balaban J connectivity index is 1.60. The summed E-state index contributed by atoms with van der Waals surface area (Å²) < 4.78 is 5.41. The molecule has 2 aromatic heterocycles. The first kappa shape index (κ1) is 19.5. The van der Waals surface area contributed by atoms with E-state index in [9.17, 15) is 9.59 Å². The van der Waals surface area contributed by atoms with Gasteiger partial charge in [0.05, 0.1) is 0 Å². The fourth-order valence-corrected chi connectivity index (χ4v) is 2.76. The van der Waals surface area contributed by atoms with Crippen LogP contribution in [0.3, 0.4) is 0 Å². The molecule has 1 aliphatic heterocycles. The number of pyridine rings is 1. The van der Waals surface area contributed by atoms with Gasteiger partial charge in [-0.15, -0.1) is 0 Å². The average molecular weight is 384 g/mol. The molecular weight excluding hydrogens is 360 g/mol. The number of hydrogen-bond donors (Lipinski definition) is 1. The van der Waals surface area contributed by atoms with Gasteiger partial charge in [0.2, 0.25) is 5.95 Å². The molecule has 3 rings (SSSR count). The quantitative estimate of drug-likeness (QED) is 0.856. The smallest absolute Gasteiger partial charge is 0.410 e. The van der Waals surface area contributed by atoms with Gasteiger partial charge in [0.25, 0.3) is 5.91 Å². The molecule has 0 bridgehead atoms. The summed E-state index contributed by atoms with van der Waals surface area (Å²) in [6, 6.07) is 3.33. The molecular formula is C19H24N6O3. The Kier molecular flexibility index (Phi) is 5.43. The topological polar surface area (TPSA) is 115 Å². The highest BCUT2D eigenvalue weighted by Crippen LogP contribution is 2.19. The zero-order valence-electron chi connectivity index (χ0n) is 16.3. The molecule has 0 radical (unpaired) electrons. The molecule has 1 aliphatic rings. The number of carbonyl (C=O) groups is 2. The van der Waals surface area contributed by atoms with Gasteiger partial charge in [0.1, 0.15) is 11.3 Å². The molecule has 9 nitrogen and oxygen atoms in total. The molecule has 0 unspecified atom stereocenters. The van der Waals surface area contributed by atoms with E-state index < -0.39 is 11.5 Å². The molecule has 0 saturated carbocycles. The molecule has 0 atom stereocenters. The van der Waals surface area contributed by atoms with Crippen LogP contribution in [-0.2, 0) is 4.74 Å². The van der Waals surface area contributed by atoms with Gasteiger partial charge >= 0.3 is 6.09 Å². The second-order valence-electron chi connectivity index (χ2n) is 7.52. The summed E-state index contributed by atoms with van der Waals surface area (Å²) in [6.45, 7) is 7.94. The zero-order valence-corrected chi connectivity index (χ0v) is 16.3. The number of hydrogen-bond acceptors (Lipinski definition) is 7. The number of amides is 2. The van der Waals surface area contributed by atoms with Crippen LogP contribution in [0.5, 0.6) is 0 Å². The van der Waals surface area contributed by atoms with Crippen LogP contribution < -0.4 is 10.6 Å². The molecule has 1 fully saturated rings. The van der Waals surface area contributed by atoms with Crippen molar-refractivity contribution in [1.29, 1.82) is 0 Å². The SMILES string of the molecule is CC(C)(C)OC(=O)N1CCN(c2ncc(-c3ccc(C(N)=O)nc3)cn2)CC1. The van der Waals surface area contributed by atoms with E-state index in [4.69, 9.17) is 10.5 Å². The van der Waals surface area contributed by atoms with Gasteiger partial charge in [-0.1, -0.05) is 6.07 Å². The predicted molar refractivity (Wildman–Crippen MR) is 104 cm³/mol. The molecule has 3 heterocycles. The molecule has 2 aromatic rings. The maximum Gasteiger partial charge on any atom is 0.410 e. The largest absolute Gasteiger partial charge is 0.444 e. The number of primary amides is 1. The van der Waals surface area contributed by atoms with Gasteiger partial charge in [-0.3, -0.25) is 9.78 Å². The highest BCUT2D eigenvalue weighted by atomic mass is 16.6. The first-order valence-electron chi connectivity index (χ1n) is 9.04. The van der Waals surface area contributed by atoms with E-state index in [1.54, 1.807) is 35.6 Å². The Bertz CT molecular complexity index is 837. The van der Waals surface area contributed by atoms with Crippen molar-refractivity contribution in [3.05, 3.63) is 36.4 Å². The summed E-state index contributed by atoms with van der Waals surface area (Å²) >= 11 is 0. The van der Waals surface area contributed by atoms with Crippen LogP contribution in [0.25, 0.3) is 11.1 Å². The van der Waals surface area contributed by atoms with E-state index in [1.807, 2.05) is 25.7 Å². The fourth-order valence-electron chi connectivity index (χ4n) is 2.76. The maximum atomic E-state index is 12.1. The average Bonchev–Trinajstić information content (AvgIpc) is 2.67. The third kappa shape index (κ3) is 4.73. The Morgan fingerprint density at radius 2 is 1.57 bits per heavy atom. The summed E-state index contributed by atoms with van der Waals surface area (Å²) in [7, 11) is 0. The Hall–Kier alpha value is -3.23. The summed E-state index contributed by atoms with van der Waals surface area (Å²) in [5, 5.41) is 0. The second-order valence-corrected chi connectivity index (χ2v) is 7.52. The second kappa shape index (κ2) is 7.79. The molecule has 0 spiro atoms. The van der Waals surface area contributed by atoms with Crippen LogP contribution in [0.4, 0.5) is 10.7 Å². The maximum absolute atomic E-state index is 12.1. The lowest BCUT2D eigenvalue weighted by atomic mass is 10.1. The van der Waals surface area contributed by atoms with Crippen molar-refractivity contribution in [2.45, 2.75) is 26.4 Å². The lowest BCUT2D eigenvalue weighted by Crippen LogP contribution is -2.50. The Labute approximate surface area is 163 Å². The van der Waals surface area contributed by atoms with E-state index in [2.05, 4.69) is 15.0 Å². The summed E-state index contributed by atoms with van der Waals surface area (Å²) in [5.41, 5.74) is 6.50. The highest BCUT2D eigenvalue weighted by molar-refractivity contribution is 5.91. The number of anilines is 1. The predicted octanol–water partition coefficient (Wildman–Crippen LogP) is 1.69. The zero-order chi connectivity index (χ0) is 20.3. The molecule has 0 aromatic carbocycles. The van der Waals surface area contributed by atoms with Crippen LogP contribution in [0.2, 0.25) is 0 Å².